The zero-order valence-electron chi connectivity index (χ0n) is 12.6. The van der Waals surface area contributed by atoms with Crippen LogP contribution < -0.4 is 9.47 Å². The van der Waals surface area contributed by atoms with Crippen LogP contribution in [0, 0.1) is 0 Å². The molecule has 0 aromatic heterocycles. The summed E-state index contributed by atoms with van der Waals surface area (Å²) in [5, 5.41) is 1.80. The number of methoxy groups -OCH3 is 3. The van der Waals surface area contributed by atoms with Crippen molar-refractivity contribution < 1.29 is 23.7 Å². The standard InChI is InChI=1S/C17H16O5/c1-19-15-11-6-4-5-7-12(11)16(20-2)14-13(15)8-10(9-18)22-17(14)21-3/h4-9,17H,1-3H3. The molecule has 0 aliphatic carbocycles. The Kier molecular flexibility index (Phi) is 3.73. The average molecular weight is 300 g/mol. The van der Waals surface area contributed by atoms with Gasteiger partial charge >= 0.3 is 0 Å². The van der Waals surface area contributed by atoms with Crippen LogP contribution >= 0.6 is 0 Å². The first-order valence-corrected chi connectivity index (χ1v) is 6.78. The first kappa shape index (κ1) is 14.4. The highest BCUT2D eigenvalue weighted by atomic mass is 16.7. The molecule has 5 heteroatoms. The predicted molar refractivity (Wildman–Crippen MR) is 81.9 cm³/mol. The lowest BCUT2D eigenvalue weighted by atomic mass is 9.95. The Labute approximate surface area is 128 Å². The molecular weight excluding hydrogens is 284 g/mol. The third kappa shape index (κ3) is 2.02. The number of carbonyl (C=O) groups is 1. The number of aldehydes is 1. The van der Waals surface area contributed by atoms with Crippen LogP contribution in [0.5, 0.6) is 11.5 Å². The fraction of sp³-hybridized carbons (Fsp3) is 0.235. The van der Waals surface area contributed by atoms with Crippen LogP contribution in [0.2, 0.25) is 0 Å². The van der Waals surface area contributed by atoms with Crippen LogP contribution in [0.1, 0.15) is 17.4 Å². The van der Waals surface area contributed by atoms with Crippen molar-refractivity contribution in [2.45, 2.75) is 6.29 Å². The lowest BCUT2D eigenvalue weighted by molar-refractivity contribution is -0.123. The number of rotatable bonds is 4. The van der Waals surface area contributed by atoms with Gasteiger partial charge in [0.05, 0.1) is 19.8 Å². The van der Waals surface area contributed by atoms with Gasteiger partial charge in [-0.25, -0.2) is 0 Å². The molecule has 0 N–H and O–H groups in total. The fourth-order valence-electron chi connectivity index (χ4n) is 2.82. The first-order chi connectivity index (χ1) is 10.7. The number of carbonyl (C=O) groups excluding carboxylic acids is 1. The molecule has 0 saturated heterocycles. The highest BCUT2D eigenvalue weighted by molar-refractivity contribution is 5.99. The molecule has 1 aliphatic rings. The van der Waals surface area contributed by atoms with Crippen LogP contribution in [0.15, 0.2) is 30.0 Å². The summed E-state index contributed by atoms with van der Waals surface area (Å²) in [6, 6.07) is 7.74. The molecule has 0 fully saturated rings. The molecule has 0 bridgehead atoms. The van der Waals surface area contributed by atoms with Crippen LogP contribution in [0.25, 0.3) is 16.8 Å². The zero-order valence-corrected chi connectivity index (χ0v) is 12.6. The number of fused-ring (bicyclic) bond motifs is 2. The lowest BCUT2D eigenvalue weighted by Crippen LogP contribution is -2.15. The van der Waals surface area contributed by atoms with Crippen molar-refractivity contribution in [1.82, 2.24) is 0 Å². The van der Waals surface area contributed by atoms with Gasteiger partial charge in [-0.15, -0.1) is 0 Å². The van der Waals surface area contributed by atoms with Crippen molar-refractivity contribution in [3.63, 3.8) is 0 Å². The molecule has 1 atom stereocenters. The zero-order chi connectivity index (χ0) is 15.7. The van der Waals surface area contributed by atoms with Crippen molar-refractivity contribution in [2.24, 2.45) is 0 Å². The summed E-state index contributed by atoms with van der Waals surface area (Å²) in [7, 11) is 4.71. The van der Waals surface area contributed by atoms with E-state index in [0.717, 1.165) is 16.3 Å². The normalized spacial score (nSPS) is 16.5. The minimum absolute atomic E-state index is 0.190. The number of benzene rings is 2. The molecule has 2 aromatic carbocycles. The first-order valence-electron chi connectivity index (χ1n) is 6.78. The van der Waals surface area contributed by atoms with Crippen molar-refractivity contribution in [2.75, 3.05) is 21.3 Å². The molecular formula is C17H16O5. The smallest absolute Gasteiger partial charge is 0.231 e. The average Bonchev–Trinajstić information content (AvgIpc) is 2.58. The van der Waals surface area contributed by atoms with E-state index in [1.54, 1.807) is 20.3 Å². The van der Waals surface area contributed by atoms with Crippen LogP contribution in [-0.2, 0) is 14.3 Å². The lowest BCUT2D eigenvalue weighted by Gasteiger charge is -2.28. The maximum absolute atomic E-state index is 11.1. The van der Waals surface area contributed by atoms with Crippen LogP contribution in [-0.4, -0.2) is 27.6 Å². The van der Waals surface area contributed by atoms with Gasteiger partial charge in [0.15, 0.2) is 12.0 Å². The van der Waals surface area contributed by atoms with Gasteiger partial charge in [-0.1, -0.05) is 24.3 Å². The van der Waals surface area contributed by atoms with Gasteiger partial charge in [0.25, 0.3) is 0 Å². The van der Waals surface area contributed by atoms with Gasteiger partial charge in [0.2, 0.25) is 6.29 Å². The van der Waals surface area contributed by atoms with Crippen molar-refractivity contribution in [3.05, 3.63) is 41.2 Å². The number of ether oxygens (including phenoxy) is 4. The summed E-state index contributed by atoms with van der Waals surface area (Å²) >= 11 is 0. The maximum atomic E-state index is 11.1. The van der Waals surface area contributed by atoms with Gasteiger partial charge in [-0.05, 0) is 6.08 Å². The van der Waals surface area contributed by atoms with E-state index in [2.05, 4.69) is 0 Å². The van der Waals surface area contributed by atoms with Crippen LogP contribution in [0.4, 0.5) is 0 Å². The molecule has 3 rings (SSSR count). The number of allylic oxidation sites excluding steroid dienone is 1. The van der Waals surface area contributed by atoms with Gasteiger partial charge in [-0.3, -0.25) is 4.79 Å². The van der Waals surface area contributed by atoms with E-state index in [1.807, 2.05) is 24.3 Å². The molecule has 1 heterocycles. The summed E-state index contributed by atoms with van der Waals surface area (Å²) in [5.41, 5.74) is 1.45. The second-order valence-electron chi connectivity index (χ2n) is 4.79. The summed E-state index contributed by atoms with van der Waals surface area (Å²) in [6.45, 7) is 0. The predicted octanol–water partition coefficient (Wildman–Crippen LogP) is 3.07. The molecule has 114 valence electrons. The SMILES string of the molecule is COc1c2c(c(OC)c3ccccc13)C(OC)OC(C=O)=C2. The second-order valence-corrected chi connectivity index (χ2v) is 4.79. The van der Waals surface area contributed by atoms with E-state index in [-0.39, 0.29) is 5.76 Å². The molecule has 0 spiro atoms. The second kappa shape index (κ2) is 5.69. The van der Waals surface area contributed by atoms with E-state index in [4.69, 9.17) is 18.9 Å². The van der Waals surface area contributed by atoms with Gasteiger partial charge in [0.1, 0.15) is 11.5 Å². The van der Waals surface area contributed by atoms with Gasteiger partial charge in [0, 0.05) is 23.4 Å². The molecule has 1 aliphatic heterocycles. The Balaban J connectivity index is 2.46. The highest BCUT2D eigenvalue weighted by Crippen LogP contribution is 2.47. The topological polar surface area (TPSA) is 54.0 Å². The quantitative estimate of drug-likeness (QED) is 0.812. The van der Waals surface area contributed by atoms with E-state index in [1.165, 1.54) is 7.11 Å². The minimum atomic E-state index is -0.728. The van der Waals surface area contributed by atoms with Crippen molar-refractivity contribution >= 4 is 23.1 Å². The summed E-state index contributed by atoms with van der Waals surface area (Å²) < 4.78 is 22.1. The molecule has 0 amide bonds. The van der Waals surface area contributed by atoms with E-state index in [9.17, 15) is 4.79 Å². The maximum Gasteiger partial charge on any atom is 0.231 e. The van der Waals surface area contributed by atoms with Crippen LogP contribution in [0.3, 0.4) is 0 Å². The molecule has 2 aromatic rings. The van der Waals surface area contributed by atoms with E-state index < -0.39 is 6.29 Å². The van der Waals surface area contributed by atoms with Gasteiger partial charge < -0.3 is 18.9 Å². The molecule has 0 radical (unpaired) electrons. The van der Waals surface area contributed by atoms with E-state index in [0.29, 0.717) is 23.3 Å². The molecule has 22 heavy (non-hydrogen) atoms. The summed E-state index contributed by atoms with van der Waals surface area (Å²) in [5.74, 6) is 1.51. The van der Waals surface area contributed by atoms with Gasteiger partial charge in [-0.2, -0.15) is 0 Å². The Morgan fingerprint density at radius 2 is 1.68 bits per heavy atom. The Bertz CT molecular complexity index is 763. The number of hydrogen-bond acceptors (Lipinski definition) is 5. The monoisotopic (exact) mass is 300 g/mol. The molecule has 5 nitrogen and oxygen atoms in total. The third-order valence-electron chi connectivity index (χ3n) is 3.70. The Hall–Kier alpha value is -2.53. The highest BCUT2D eigenvalue weighted by Gasteiger charge is 2.31. The minimum Gasteiger partial charge on any atom is -0.496 e. The Morgan fingerprint density at radius 1 is 1.05 bits per heavy atom. The fourth-order valence-corrected chi connectivity index (χ4v) is 2.82. The largest absolute Gasteiger partial charge is 0.496 e. The summed E-state index contributed by atoms with van der Waals surface area (Å²) in [4.78, 5) is 11.1. The Morgan fingerprint density at radius 3 is 2.23 bits per heavy atom. The molecule has 1 unspecified atom stereocenters. The summed E-state index contributed by atoms with van der Waals surface area (Å²) in [6.07, 6.45) is 1.57. The molecule has 0 saturated carbocycles. The number of hydrogen-bond donors (Lipinski definition) is 0. The van der Waals surface area contributed by atoms with Crippen molar-refractivity contribution in [1.29, 1.82) is 0 Å². The third-order valence-corrected chi connectivity index (χ3v) is 3.70. The van der Waals surface area contributed by atoms with E-state index >= 15 is 0 Å². The van der Waals surface area contributed by atoms with Crippen molar-refractivity contribution in [3.8, 4) is 11.5 Å².